The standard InChI is InChI=1S/C13H13F3N2O3/c1-18(7-6-13(14,15)16)12(21)10-4-2-9(8-17-10)3-5-11(19)20/h2-5,8H,6-7H2,1H3,(H,19,20). The van der Waals surface area contributed by atoms with Gasteiger partial charge in [0, 0.05) is 25.9 Å². The van der Waals surface area contributed by atoms with E-state index in [9.17, 15) is 22.8 Å². The number of carbonyl (C=O) groups excluding carboxylic acids is 1. The third kappa shape index (κ3) is 6.07. The van der Waals surface area contributed by atoms with Crippen LogP contribution in [0.1, 0.15) is 22.5 Å². The zero-order chi connectivity index (χ0) is 16.0. The zero-order valence-corrected chi connectivity index (χ0v) is 11.1. The molecule has 0 aromatic carbocycles. The largest absolute Gasteiger partial charge is 0.478 e. The van der Waals surface area contributed by atoms with Gasteiger partial charge in [0.15, 0.2) is 0 Å². The molecular formula is C13H13F3N2O3. The number of nitrogens with zero attached hydrogens (tertiary/aromatic N) is 2. The molecule has 0 aliphatic carbocycles. The van der Waals surface area contributed by atoms with Gasteiger partial charge in [0.1, 0.15) is 5.69 Å². The SMILES string of the molecule is CN(CCC(F)(F)F)C(=O)c1ccc(C=CC(=O)O)cn1. The molecule has 0 aliphatic rings. The highest BCUT2D eigenvalue weighted by Gasteiger charge is 2.28. The van der Waals surface area contributed by atoms with Crippen LogP contribution >= 0.6 is 0 Å². The minimum atomic E-state index is -4.33. The summed E-state index contributed by atoms with van der Waals surface area (Å²) in [6.45, 7) is -0.454. The van der Waals surface area contributed by atoms with Gasteiger partial charge in [0.25, 0.3) is 5.91 Å². The number of halogens is 3. The third-order valence-electron chi connectivity index (χ3n) is 2.50. The molecule has 0 atom stereocenters. The molecule has 1 rings (SSSR count). The molecule has 0 bridgehead atoms. The fourth-order valence-corrected chi connectivity index (χ4v) is 1.39. The molecule has 1 heterocycles. The van der Waals surface area contributed by atoms with E-state index in [-0.39, 0.29) is 5.69 Å². The number of hydrogen-bond acceptors (Lipinski definition) is 3. The number of aromatic nitrogens is 1. The van der Waals surface area contributed by atoms with Crippen molar-refractivity contribution < 1.29 is 27.9 Å². The summed E-state index contributed by atoms with van der Waals surface area (Å²) in [5.74, 6) is -1.75. The lowest BCUT2D eigenvalue weighted by Gasteiger charge is -2.17. The van der Waals surface area contributed by atoms with Crippen LogP contribution < -0.4 is 0 Å². The van der Waals surface area contributed by atoms with Crippen molar-refractivity contribution >= 4 is 18.0 Å². The molecule has 0 aliphatic heterocycles. The second-order valence-corrected chi connectivity index (χ2v) is 4.24. The zero-order valence-electron chi connectivity index (χ0n) is 11.1. The molecular weight excluding hydrogens is 289 g/mol. The molecule has 21 heavy (non-hydrogen) atoms. The average molecular weight is 302 g/mol. The molecule has 1 amide bonds. The van der Waals surface area contributed by atoms with Crippen LogP contribution in [0.4, 0.5) is 13.2 Å². The van der Waals surface area contributed by atoms with Crippen LogP contribution in [-0.2, 0) is 4.79 Å². The van der Waals surface area contributed by atoms with Gasteiger partial charge in [-0.2, -0.15) is 13.2 Å². The minimum Gasteiger partial charge on any atom is -0.478 e. The molecule has 1 aromatic heterocycles. The second-order valence-electron chi connectivity index (χ2n) is 4.24. The summed E-state index contributed by atoms with van der Waals surface area (Å²) in [5.41, 5.74) is 0.457. The summed E-state index contributed by atoms with van der Waals surface area (Å²) in [6, 6.07) is 2.78. The third-order valence-corrected chi connectivity index (χ3v) is 2.50. The quantitative estimate of drug-likeness (QED) is 0.847. The number of carboxylic acid groups (broad SMARTS) is 1. The predicted octanol–water partition coefficient (Wildman–Crippen LogP) is 2.20. The van der Waals surface area contributed by atoms with E-state index in [0.29, 0.717) is 5.56 Å². The van der Waals surface area contributed by atoms with E-state index in [2.05, 4.69) is 4.98 Å². The molecule has 0 saturated carbocycles. The number of rotatable bonds is 5. The van der Waals surface area contributed by atoms with Crippen molar-refractivity contribution in [3.8, 4) is 0 Å². The van der Waals surface area contributed by atoms with Gasteiger partial charge in [-0.15, -0.1) is 0 Å². The molecule has 5 nitrogen and oxygen atoms in total. The molecule has 0 fully saturated rings. The Bertz CT molecular complexity index is 539. The minimum absolute atomic E-state index is 0.00727. The van der Waals surface area contributed by atoms with Gasteiger partial charge < -0.3 is 10.0 Å². The Morgan fingerprint density at radius 3 is 2.52 bits per heavy atom. The van der Waals surface area contributed by atoms with E-state index in [1.165, 1.54) is 31.5 Å². The Balaban J connectivity index is 2.68. The molecule has 0 spiro atoms. The van der Waals surface area contributed by atoms with Crippen LogP contribution in [0.3, 0.4) is 0 Å². The normalized spacial score (nSPS) is 11.6. The number of alkyl halides is 3. The number of hydrogen-bond donors (Lipinski definition) is 1. The Morgan fingerprint density at radius 1 is 1.38 bits per heavy atom. The van der Waals surface area contributed by atoms with Crippen LogP contribution in [-0.4, -0.2) is 46.6 Å². The summed E-state index contributed by atoms with van der Waals surface area (Å²) in [4.78, 5) is 26.9. The maximum Gasteiger partial charge on any atom is 0.390 e. The number of carbonyl (C=O) groups is 2. The molecule has 0 unspecified atom stereocenters. The first-order chi connectivity index (χ1) is 9.69. The summed E-state index contributed by atoms with van der Waals surface area (Å²) in [6.07, 6.45) is -1.95. The first-order valence-electron chi connectivity index (χ1n) is 5.88. The Morgan fingerprint density at radius 2 is 2.05 bits per heavy atom. The highest BCUT2D eigenvalue weighted by Crippen LogP contribution is 2.19. The first kappa shape index (κ1) is 16.7. The molecule has 0 radical (unpaired) electrons. The summed E-state index contributed by atoms with van der Waals surface area (Å²) < 4.78 is 36.2. The number of aliphatic carboxylic acids is 1. The van der Waals surface area contributed by atoms with Gasteiger partial charge >= 0.3 is 12.1 Å². The number of amides is 1. The summed E-state index contributed by atoms with van der Waals surface area (Å²) in [7, 11) is 1.26. The van der Waals surface area contributed by atoms with Crippen molar-refractivity contribution in [3.05, 3.63) is 35.7 Å². The summed E-state index contributed by atoms with van der Waals surface area (Å²) >= 11 is 0. The van der Waals surface area contributed by atoms with Gasteiger partial charge in [-0.25, -0.2) is 4.79 Å². The van der Waals surface area contributed by atoms with Crippen LogP contribution in [0.2, 0.25) is 0 Å². The first-order valence-corrected chi connectivity index (χ1v) is 5.88. The number of carboxylic acids is 1. The number of pyridine rings is 1. The highest BCUT2D eigenvalue weighted by molar-refractivity contribution is 5.92. The Hall–Kier alpha value is -2.38. The molecule has 1 N–H and O–H groups in total. The fraction of sp³-hybridized carbons (Fsp3) is 0.308. The average Bonchev–Trinajstić information content (AvgIpc) is 2.41. The maximum absolute atomic E-state index is 12.1. The summed E-state index contributed by atoms with van der Waals surface area (Å²) in [5, 5.41) is 8.46. The molecule has 1 aromatic rings. The lowest BCUT2D eigenvalue weighted by molar-refractivity contribution is -0.136. The van der Waals surface area contributed by atoms with Crippen LogP contribution in [0.5, 0.6) is 0 Å². The lowest BCUT2D eigenvalue weighted by atomic mass is 10.2. The monoisotopic (exact) mass is 302 g/mol. The second kappa shape index (κ2) is 6.87. The van der Waals surface area contributed by atoms with Crippen molar-refractivity contribution in [1.82, 2.24) is 9.88 Å². The Kier molecular flexibility index (Phi) is 5.45. The van der Waals surface area contributed by atoms with Gasteiger partial charge in [-0.1, -0.05) is 6.07 Å². The van der Waals surface area contributed by atoms with Crippen LogP contribution in [0, 0.1) is 0 Å². The molecule has 114 valence electrons. The van der Waals surface area contributed by atoms with Gasteiger partial charge in [-0.05, 0) is 17.7 Å². The van der Waals surface area contributed by atoms with Gasteiger partial charge in [0.2, 0.25) is 0 Å². The molecule has 8 heteroatoms. The van der Waals surface area contributed by atoms with Crippen molar-refractivity contribution in [2.45, 2.75) is 12.6 Å². The predicted molar refractivity (Wildman–Crippen MR) is 68.5 cm³/mol. The van der Waals surface area contributed by atoms with Crippen LogP contribution in [0.15, 0.2) is 24.4 Å². The Labute approximate surface area is 118 Å². The highest BCUT2D eigenvalue weighted by atomic mass is 19.4. The molecule has 0 saturated heterocycles. The van der Waals surface area contributed by atoms with E-state index < -0.39 is 31.0 Å². The van der Waals surface area contributed by atoms with Crippen molar-refractivity contribution in [1.29, 1.82) is 0 Å². The van der Waals surface area contributed by atoms with Crippen molar-refractivity contribution in [3.63, 3.8) is 0 Å². The van der Waals surface area contributed by atoms with E-state index >= 15 is 0 Å². The van der Waals surface area contributed by atoms with E-state index in [1.807, 2.05) is 0 Å². The lowest BCUT2D eigenvalue weighted by Crippen LogP contribution is -2.31. The van der Waals surface area contributed by atoms with Gasteiger partial charge in [-0.3, -0.25) is 9.78 Å². The fourth-order valence-electron chi connectivity index (χ4n) is 1.39. The maximum atomic E-state index is 12.1. The van der Waals surface area contributed by atoms with E-state index in [1.54, 1.807) is 0 Å². The van der Waals surface area contributed by atoms with E-state index in [0.717, 1.165) is 11.0 Å². The smallest absolute Gasteiger partial charge is 0.390 e. The van der Waals surface area contributed by atoms with Crippen molar-refractivity contribution in [2.75, 3.05) is 13.6 Å². The topological polar surface area (TPSA) is 70.5 Å². The van der Waals surface area contributed by atoms with Crippen molar-refractivity contribution in [2.24, 2.45) is 0 Å². The van der Waals surface area contributed by atoms with E-state index in [4.69, 9.17) is 5.11 Å². The van der Waals surface area contributed by atoms with Gasteiger partial charge in [0.05, 0.1) is 6.42 Å². The van der Waals surface area contributed by atoms with Crippen LogP contribution in [0.25, 0.3) is 6.08 Å².